The molecular formula is C20H17N. The van der Waals surface area contributed by atoms with E-state index in [-0.39, 0.29) is 11.0 Å². The smallest absolute Gasteiger partial charge is 0.0782 e. The fraction of sp³-hybridized carbons (Fsp3) is 0.200. The maximum atomic E-state index is 2.54. The predicted molar refractivity (Wildman–Crippen MR) is 87.1 cm³/mol. The number of fused-ring (bicyclic) bond motifs is 1. The Hall–Kier alpha value is -2.28. The summed E-state index contributed by atoms with van der Waals surface area (Å²) in [5, 5.41) is 0. The largest absolute Gasteiger partial charge is 0.330 e. The van der Waals surface area contributed by atoms with E-state index >= 15 is 0 Å². The first-order chi connectivity index (χ1) is 10.3. The molecule has 5 rings (SSSR count). The number of aryl methyl sites for hydroxylation is 1. The van der Waals surface area contributed by atoms with E-state index in [0.29, 0.717) is 0 Å². The van der Waals surface area contributed by atoms with Gasteiger partial charge in [-0.3, -0.25) is 0 Å². The second-order valence-corrected chi connectivity index (χ2v) is 6.48. The van der Waals surface area contributed by atoms with Crippen LogP contribution >= 0.6 is 0 Å². The zero-order chi connectivity index (χ0) is 14.1. The van der Waals surface area contributed by atoms with Crippen LogP contribution in [-0.4, -0.2) is 5.54 Å². The lowest BCUT2D eigenvalue weighted by atomic mass is 9.90. The van der Waals surface area contributed by atoms with E-state index in [1.54, 1.807) is 0 Å². The van der Waals surface area contributed by atoms with E-state index in [4.69, 9.17) is 0 Å². The molecule has 1 heterocycles. The van der Waals surface area contributed by atoms with Gasteiger partial charge in [-0.1, -0.05) is 60.2 Å². The molecule has 0 amide bonds. The molecule has 3 aliphatic rings. The van der Waals surface area contributed by atoms with Crippen molar-refractivity contribution in [1.82, 2.24) is 0 Å². The Morgan fingerprint density at radius 1 is 0.905 bits per heavy atom. The van der Waals surface area contributed by atoms with Gasteiger partial charge < -0.3 is 4.90 Å². The second kappa shape index (κ2) is 3.48. The standard InChI is InChI=1S/C20H17N/c1-15-8-10-16(11-9-15)21-18-7-3-2-6-17(18)19-12-4-5-13-20(19,21)14-19/h2-13H,14H2,1H3. The maximum absolute atomic E-state index is 2.54. The van der Waals surface area contributed by atoms with Crippen molar-refractivity contribution in [1.29, 1.82) is 0 Å². The SMILES string of the molecule is Cc1ccc(N2c3ccccc3C34C=CC=CC23C4)cc1. The number of para-hydroxylation sites is 1. The van der Waals surface area contributed by atoms with Crippen molar-refractivity contribution in [3.05, 3.63) is 84.0 Å². The summed E-state index contributed by atoms with van der Waals surface area (Å²) in [6.45, 7) is 2.14. The average Bonchev–Trinajstić information content (AvgIpc) is 3.14. The molecule has 21 heavy (non-hydrogen) atoms. The van der Waals surface area contributed by atoms with Gasteiger partial charge in [0.1, 0.15) is 0 Å². The van der Waals surface area contributed by atoms with E-state index in [9.17, 15) is 0 Å². The van der Waals surface area contributed by atoms with Gasteiger partial charge in [-0.2, -0.15) is 0 Å². The highest BCUT2D eigenvalue weighted by Crippen LogP contribution is 2.72. The fourth-order valence-electron chi connectivity index (χ4n) is 4.32. The molecule has 2 unspecified atom stereocenters. The van der Waals surface area contributed by atoms with Crippen LogP contribution in [0.1, 0.15) is 17.5 Å². The van der Waals surface area contributed by atoms with Crippen LogP contribution in [0, 0.1) is 6.92 Å². The molecule has 1 aliphatic heterocycles. The highest BCUT2D eigenvalue weighted by Gasteiger charge is 2.74. The summed E-state index contributed by atoms with van der Waals surface area (Å²) < 4.78 is 0. The Labute approximate surface area is 125 Å². The summed E-state index contributed by atoms with van der Waals surface area (Å²) in [6.07, 6.45) is 10.4. The Morgan fingerprint density at radius 2 is 1.67 bits per heavy atom. The molecule has 1 nitrogen and oxygen atoms in total. The van der Waals surface area contributed by atoms with Gasteiger partial charge in [-0.15, -0.1) is 0 Å². The molecule has 0 spiro atoms. The Kier molecular flexibility index (Phi) is 1.89. The van der Waals surface area contributed by atoms with Crippen LogP contribution in [0.5, 0.6) is 0 Å². The van der Waals surface area contributed by atoms with Crippen molar-refractivity contribution >= 4 is 11.4 Å². The highest BCUT2D eigenvalue weighted by molar-refractivity contribution is 5.85. The summed E-state index contributed by atoms with van der Waals surface area (Å²) in [5.74, 6) is 0. The van der Waals surface area contributed by atoms with E-state index in [1.807, 2.05) is 0 Å². The van der Waals surface area contributed by atoms with Crippen molar-refractivity contribution in [2.24, 2.45) is 0 Å². The van der Waals surface area contributed by atoms with Gasteiger partial charge in [0.15, 0.2) is 0 Å². The molecule has 1 fully saturated rings. The first-order valence-corrected chi connectivity index (χ1v) is 7.60. The van der Waals surface area contributed by atoms with Gasteiger partial charge in [-0.25, -0.2) is 0 Å². The van der Waals surface area contributed by atoms with Crippen LogP contribution in [-0.2, 0) is 5.41 Å². The van der Waals surface area contributed by atoms with Gasteiger partial charge in [0.2, 0.25) is 0 Å². The molecule has 2 aromatic rings. The molecule has 0 radical (unpaired) electrons. The molecular weight excluding hydrogens is 254 g/mol. The van der Waals surface area contributed by atoms with Gasteiger partial charge in [0.25, 0.3) is 0 Å². The minimum absolute atomic E-state index is 0.126. The van der Waals surface area contributed by atoms with Crippen LogP contribution in [0.4, 0.5) is 11.4 Å². The van der Waals surface area contributed by atoms with Crippen molar-refractivity contribution in [3.63, 3.8) is 0 Å². The van der Waals surface area contributed by atoms with Crippen LogP contribution in [0.3, 0.4) is 0 Å². The quantitative estimate of drug-likeness (QED) is 0.729. The lowest BCUT2D eigenvalue weighted by Crippen LogP contribution is -2.33. The van der Waals surface area contributed by atoms with Crippen molar-refractivity contribution in [2.45, 2.75) is 24.3 Å². The predicted octanol–water partition coefficient (Wildman–Crippen LogP) is 4.65. The number of benzene rings is 2. The second-order valence-electron chi connectivity index (χ2n) is 6.48. The number of allylic oxidation sites excluding steroid dienone is 2. The van der Waals surface area contributed by atoms with Crippen LogP contribution < -0.4 is 4.90 Å². The first-order valence-electron chi connectivity index (χ1n) is 7.60. The molecule has 0 N–H and O–H groups in total. The number of nitrogens with zero attached hydrogens (tertiary/aromatic N) is 1. The highest BCUT2D eigenvalue weighted by atomic mass is 15.3. The molecule has 0 saturated heterocycles. The van der Waals surface area contributed by atoms with Crippen LogP contribution in [0.15, 0.2) is 72.8 Å². The zero-order valence-electron chi connectivity index (χ0n) is 12.1. The number of anilines is 2. The maximum Gasteiger partial charge on any atom is 0.0782 e. The summed E-state index contributed by atoms with van der Waals surface area (Å²) in [5.41, 5.74) is 5.77. The number of hydrogen-bond acceptors (Lipinski definition) is 1. The van der Waals surface area contributed by atoms with Crippen molar-refractivity contribution in [3.8, 4) is 0 Å². The normalized spacial score (nSPS) is 30.8. The third-order valence-corrected chi connectivity index (χ3v) is 5.38. The van der Waals surface area contributed by atoms with Gasteiger partial charge in [0, 0.05) is 16.8 Å². The van der Waals surface area contributed by atoms with E-state index in [2.05, 4.69) is 84.7 Å². The lowest BCUT2D eigenvalue weighted by Gasteiger charge is -2.30. The minimum atomic E-state index is 0.126. The average molecular weight is 271 g/mol. The van der Waals surface area contributed by atoms with E-state index in [0.717, 1.165) is 0 Å². The molecule has 0 bridgehead atoms. The van der Waals surface area contributed by atoms with E-state index in [1.165, 1.54) is 28.9 Å². The fourth-order valence-corrected chi connectivity index (χ4v) is 4.32. The summed E-state index contributed by atoms with van der Waals surface area (Å²) >= 11 is 0. The molecule has 1 heteroatoms. The van der Waals surface area contributed by atoms with E-state index < -0.39 is 0 Å². The monoisotopic (exact) mass is 271 g/mol. The molecule has 102 valence electrons. The molecule has 1 saturated carbocycles. The first kappa shape index (κ1) is 11.4. The van der Waals surface area contributed by atoms with Crippen LogP contribution in [0.25, 0.3) is 0 Å². The molecule has 2 atom stereocenters. The topological polar surface area (TPSA) is 3.24 Å². The minimum Gasteiger partial charge on any atom is -0.330 e. The van der Waals surface area contributed by atoms with Gasteiger partial charge in [-0.05, 0) is 37.1 Å². The Balaban J connectivity index is 1.77. The molecule has 2 aliphatic carbocycles. The molecule has 2 aromatic carbocycles. The van der Waals surface area contributed by atoms with Crippen molar-refractivity contribution < 1.29 is 0 Å². The van der Waals surface area contributed by atoms with Gasteiger partial charge in [0.05, 0.1) is 5.54 Å². The Bertz CT molecular complexity index is 799. The third-order valence-electron chi connectivity index (χ3n) is 5.38. The number of rotatable bonds is 1. The van der Waals surface area contributed by atoms with Crippen molar-refractivity contribution in [2.75, 3.05) is 4.90 Å². The summed E-state index contributed by atoms with van der Waals surface area (Å²) in [6, 6.07) is 17.8. The zero-order valence-corrected chi connectivity index (χ0v) is 12.1. The van der Waals surface area contributed by atoms with Crippen LogP contribution in [0.2, 0.25) is 0 Å². The Morgan fingerprint density at radius 3 is 2.52 bits per heavy atom. The third kappa shape index (κ3) is 1.19. The number of hydrogen-bond donors (Lipinski definition) is 0. The van der Waals surface area contributed by atoms with Gasteiger partial charge >= 0.3 is 0 Å². The molecule has 0 aromatic heterocycles. The lowest BCUT2D eigenvalue weighted by molar-refractivity contribution is 0.740. The summed E-state index contributed by atoms with van der Waals surface area (Å²) in [7, 11) is 0. The summed E-state index contributed by atoms with van der Waals surface area (Å²) in [4.78, 5) is 2.54.